The van der Waals surface area contributed by atoms with Crippen molar-refractivity contribution in [2.75, 3.05) is 0 Å². The molecule has 1 aromatic carbocycles. The van der Waals surface area contributed by atoms with Crippen LogP contribution in [0.2, 0.25) is 0 Å². The summed E-state index contributed by atoms with van der Waals surface area (Å²) < 4.78 is 0. The number of pyridine rings is 2. The fourth-order valence-electron chi connectivity index (χ4n) is 2.22. The van der Waals surface area contributed by atoms with Gasteiger partial charge in [0.2, 0.25) is 0 Å². The normalized spacial score (nSPS) is 10.8. The molecule has 0 unspecified atom stereocenters. The SMILES string of the molecule is Cc1ccc2cc(CNCc3ccccn3)ccc2n1. The monoisotopic (exact) mass is 263 g/mol. The van der Waals surface area contributed by atoms with E-state index in [1.165, 1.54) is 10.9 Å². The van der Waals surface area contributed by atoms with Crippen molar-refractivity contribution < 1.29 is 0 Å². The van der Waals surface area contributed by atoms with E-state index in [-0.39, 0.29) is 0 Å². The predicted molar refractivity (Wildman–Crippen MR) is 81.3 cm³/mol. The third-order valence-corrected chi connectivity index (χ3v) is 3.25. The molecule has 0 saturated carbocycles. The Kier molecular flexibility index (Phi) is 3.70. The van der Waals surface area contributed by atoms with Gasteiger partial charge in [-0.3, -0.25) is 9.97 Å². The summed E-state index contributed by atoms with van der Waals surface area (Å²) in [4.78, 5) is 8.81. The molecule has 0 atom stereocenters. The third-order valence-electron chi connectivity index (χ3n) is 3.25. The van der Waals surface area contributed by atoms with Gasteiger partial charge in [-0.05, 0) is 42.8 Å². The van der Waals surface area contributed by atoms with E-state index in [0.29, 0.717) is 0 Å². The number of aromatic nitrogens is 2. The van der Waals surface area contributed by atoms with E-state index in [1.54, 1.807) is 0 Å². The van der Waals surface area contributed by atoms with Gasteiger partial charge in [-0.15, -0.1) is 0 Å². The number of nitrogens with zero attached hydrogens (tertiary/aromatic N) is 2. The molecule has 0 spiro atoms. The fourth-order valence-corrected chi connectivity index (χ4v) is 2.22. The van der Waals surface area contributed by atoms with Crippen molar-refractivity contribution >= 4 is 10.9 Å². The van der Waals surface area contributed by atoms with E-state index in [0.717, 1.165) is 30.0 Å². The van der Waals surface area contributed by atoms with E-state index < -0.39 is 0 Å². The molecule has 3 nitrogen and oxygen atoms in total. The van der Waals surface area contributed by atoms with Crippen LogP contribution < -0.4 is 5.32 Å². The lowest BCUT2D eigenvalue weighted by Crippen LogP contribution is -2.13. The van der Waals surface area contributed by atoms with Crippen molar-refractivity contribution in [3.05, 3.63) is 71.7 Å². The third kappa shape index (κ3) is 3.00. The van der Waals surface area contributed by atoms with Crippen molar-refractivity contribution in [3.8, 4) is 0 Å². The molecule has 0 aliphatic carbocycles. The van der Waals surface area contributed by atoms with E-state index in [1.807, 2.05) is 37.4 Å². The minimum atomic E-state index is 0.783. The van der Waals surface area contributed by atoms with E-state index >= 15 is 0 Å². The van der Waals surface area contributed by atoms with E-state index in [9.17, 15) is 0 Å². The van der Waals surface area contributed by atoms with Crippen molar-refractivity contribution in [2.45, 2.75) is 20.0 Å². The molecule has 3 heteroatoms. The molecular formula is C17H17N3. The summed E-state index contributed by atoms with van der Waals surface area (Å²) in [5.74, 6) is 0. The molecule has 0 fully saturated rings. The molecule has 0 aliphatic heterocycles. The molecule has 3 aromatic rings. The topological polar surface area (TPSA) is 37.8 Å². The van der Waals surface area contributed by atoms with Crippen LogP contribution in [0.3, 0.4) is 0 Å². The van der Waals surface area contributed by atoms with Crippen LogP contribution in [-0.4, -0.2) is 9.97 Å². The summed E-state index contributed by atoms with van der Waals surface area (Å²) in [5, 5.41) is 4.60. The van der Waals surface area contributed by atoms with Gasteiger partial charge in [0.1, 0.15) is 0 Å². The second kappa shape index (κ2) is 5.80. The molecule has 0 bridgehead atoms. The molecule has 2 aromatic heterocycles. The second-order valence-corrected chi connectivity index (χ2v) is 4.90. The van der Waals surface area contributed by atoms with Crippen LogP contribution in [0, 0.1) is 6.92 Å². The highest BCUT2D eigenvalue weighted by Crippen LogP contribution is 2.14. The zero-order valence-electron chi connectivity index (χ0n) is 11.5. The molecule has 3 rings (SSSR count). The highest BCUT2D eigenvalue weighted by molar-refractivity contribution is 5.79. The number of rotatable bonds is 4. The summed E-state index contributed by atoms with van der Waals surface area (Å²) in [6, 6.07) is 16.5. The second-order valence-electron chi connectivity index (χ2n) is 4.90. The lowest BCUT2D eigenvalue weighted by molar-refractivity contribution is 0.680. The molecule has 0 saturated heterocycles. The Morgan fingerprint density at radius 1 is 1.00 bits per heavy atom. The minimum absolute atomic E-state index is 0.783. The summed E-state index contributed by atoms with van der Waals surface area (Å²) in [5.41, 5.74) is 4.43. The average molecular weight is 263 g/mol. The Bertz CT molecular complexity index is 708. The zero-order valence-corrected chi connectivity index (χ0v) is 11.5. The summed E-state index contributed by atoms with van der Waals surface area (Å²) in [6.07, 6.45) is 1.82. The molecule has 100 valence electrons. The first-order chi connectivity index (χ1) is 9.81. The predicted octanol–water partition coefficient (Wildman–Crippen LogP) is 3.23. The van der Waals surface area contributed by atoms with Gasteiger partial charge in [-0.25, -0.2) is 0 Å². The Balaban J connectivity index is 1.67. The zero-order chi connectivity index (χ0) is 13.8. The summed E-state index contributed by atoms with van der Waals surface area (Å²) >= 11 is 0. The van der Waals surface area contributed by atoms with Gasteiger partial charge in [-0.2, -0.15) is 0 Å². The van der Waals surface area contributed by atoms with Crippen LogP contribution in [0.25, 0.3) is 10.9 Å². The van der Waals surface area contributed by atoms with Crippen LogP contribution in [0.4, 0.5) is 0 Å². The Labute approximate surface area is 118 Å². The number of fused-ring (bicyclic) bond motifs is 1. The number of benzene rings is 1. The molecule has 0 amide bonds. The fraction of sp³-hybridized carbons (Fsp3) is 0.176. The van der Waals surface area contributed by atoms with E-state index in [4.69, 9.17) is 0 Å². The van der Waals surface area contributed by atoms with Gasteiger partial charge in [0.05, 0.1) is 11.2 Å². The average Bonchev–Trinajstić information content (AvgIpc) is 2.48. The standard InChI is InChI=1S/C17H17N3/c1-13-5-7-15-10-14(6-8-17(15)20-13)11-18-12-16-4-2-3-9-19-16/h2-10,18H,11-12H2,1H3. The lowest BCUT2D eigenvalue weighted by atomic mass is 10.1. The van der Waals surface area contributed by atoms with Crippen LogP contribution in [0.15, 0.2) is 54.7 Å². The van der Waals surface area contributed by atoms with Crippen molar-refractivity contribution in [3.63, 3.8) is 0 Å². The number of hydrogen-bond donors (Lipinski definition) is 1. The Morgan fingerprint density at radius 2 is 1.95 bits per heavy atom. The molecular weight excluding hydrogens is 246 g/mol. The number of nitrogens with one attached hydrogen (secondary N) is 1. The van der Waals surface area contributed by atoms with Crippen LogP contribution in [-0.2, 0) is 13.1 Å². The maximum atomic E-state index is 4.51. The quantitative estimate of drug-likeness (QED) is 0.785. The Hall–Kier alpha value is -2.26. The van der Waals surface area contributed by atoms with Gasteiger partial charge in [0.25, 0.3) is 0 Å². The minimum Gasteiger partial charge on any atom is -0.307 e. The van der Waals surface area contributed by atoms with Crippen LogP contribution in [0.1, 0.15) is 17.0 Å². The van der Waals surface area contributed by atoms with Gasteiger partial charge in [-0.1, -0.05) is 18.2 Å². The molecule has 1 N–H and O–H groups in total. The van der Waals surface area contributed by atoms with Crippen molar-refractivity contribution in [2.24, 2.45) is 0 Å². The first-order valence-electron chi connectivity index (χ1n) is 6.78. The largest absolute Gasteiger partial charge is 0.307 e. The first kappa shape index (κ1) is 12.8. The molecule has 0 aliphatic rings. The smallest absolute Gasteiger partial charge is 0.0705 e. The van der Waals surface area contributed by atoms with Crippen LogP contribution >= 0.6 is 0 Å². The van der Waals surface area contributed by atoms with Gasteiger partial charge >= 0.3 is 0 Å². The van der Waals surface area contributed by atoms with Gasteiger partial charge < -0.3 is 5.32 Å². The Morgan fingerprint density at radius 3 is 2.80 bits per heavy atom. The number of aryl methyl sites for hydroxylation is 1. The first-order valence-corrected chi connectivity index (χ1v) is 6.78. The molecule has 0 radical (unpaired) electrons. The van der Waals surface area contributed by atoms with Crippen molar-refractivity contribution in [1.29, 1.82) is 0 Å². The lowest BCUT2D eigenvalue weighted by Gasteiger charge is -2.06. The number of hydrogen-bond acceptors (Lipinski definition) is 3. The molecule has 20 heavy (non-hydrogen) atoms. The van der Waals surface area contributed by atoms with Crippen LogP contribution in [0.5, 0.6) is 0 Å². The summed E-state index contributed by atoms with van der Waals surface area (Å²) in [6.45, 7) is 3.63. The highest BCUT2D eigenvalue weighted by Gasteiger charge is 1.99. The van der Waals surface area contributed by atoms with Gasteiger partial charge in [0, 0.05) is 30.4 Å². The highest BCUT2D eigenvalue weighted by atomic mass is 14.9. The maximum absolute atomic E-state index is 4.51. The van der Waals surface area contributed by atoms with Gasteiger partial charge in [0.15, 0.2) is 0 Å². The van der Waals surface area contributed by atoms with E-state index in [2.05, 4.69) is 39.6 Å². The molecule has 2 heterocycles. The van der Waals surface area contributed by atoms with Crippen molar-refractivity contribution in [1.82, 2.24) is 15.3 Å². The maximum Gasteiger partial charge on any atom is 0.0705 e. The summed E-state index contributed by atoms with van der Waals surface area (Å²) in [7, 11) is 0.